The number of nitrogens with zero attached hydrogens (tertiary/aromatic N) is 2. The van der Waals surface area contributed by atoms with Gasteiger partial charge in [0.25, 0.3) is 11.8 Å². The maximum absolute atomic E-state index is 13.1. The number of carbonyl (C=O) groups excluding carboxylic acids is 3. The van der Waals surface area contributed by atoms with E-state index in [1.54, 1.807) is 36.4 Å². The van der Waals surface area contributed by atoms with E-state index in [-0.39, 0.29) is 42.3 Å². The minimum absolute atomic E-state index is 0.158. The summed E-state index contributed by atoms with van der Waals surface area (Å²) in [4.78, 5) is 37.6. The lowest BCUT2D eigenvalue weighted by atomic mass is 9.93. The van der Waals surface area contributed by atoms with Crippen LogP contribution in [-0.2, 0) is 25.7 Å². The summed E-state index contributed by atoms with van der Waals surface area (Å²) in [5.74, 6) is -1.38. The molecule has 3 rings (SSSR count). The van der Waals surface area contributed by atoms with Crippen molar-refractivity contribution in [3.63, 3.8) is 0 Å². The van der Waals surface area contributed by atoms with Gasteiger partial charge in [-0.25, -0.2) is 4.39 Å². The fourth-order valence-corrected chi connectivity index (χ4v) is 3.42. The molecule has 1 aliphatic heterocycles. The minimum Gasteiger partial charge on any atom is -0.493 e. The Labute approximate surface area is 201 Å². The molecule has 0 N–H and O–H groups in total. The summed E-state index contributed by atoms with van der Waals surface area (Å²) in [6.45, 7) is 2.60. The second-order valence-corrected chi connectivity index (χ2v) is 7.60. The molecule has 0 spiro atoms. The molecule has 1 heterocycles. The fourth-order valence-electron chi connectivity index (χ4n) is 3.42. The number of carbonyl (C=O) groups is 3. The van der Waals surface area contributed by atoms with Crippen LogP contribution in [0.3, 0.4) is 0 Å². The highest BCUT2D eigenvalue weighted by atomic mass is 19.1. The molecule has 0 atom stereocenters. The molecule has 180 valence electrons. The minimum atomic E-state index is -0.735. The van der Waals surface area contributed by atoms with Crippen LogP contribution in [0.2, 0.25) is 0 Å². The lowest BCUT2D eigenvalue weighted by molar-refractivity contribution is -0.147. The number of benzene rings is 2. The molecule has 35 heavy (non-hydrogen) atoms. The second-order valence-electron chi connectivity index (χ2n) is 7.60. The van der Waals surface area contributed by atoms with Gasteiger partial charge in [0.05, 0.1) is 13.7 Å². The Balaban J connectivity index is 1.87. The molecule has 0 fully saturated rings. The van der Waals surface area contributed by atoms with Gasteiger partial charge in [-0.1, -0.05) is 18.2 Å². The molecule has 0 saturated carbocycles. The monoisotopic (exact) mass is 478 g/mol. The number of esters is 1. The summed E-state index contributed by atoms with van der Waals surface area (Å²) in [5, 5.41) is 9.48. The summed E-state index contributed by atoms with van der Waals surface area (Å²) in [7, 11) is 1.47. The van der Waals surface area contributed by atoms with E-state index < -0.39 is 17.8 Å². The highest BCUT2D eigenvalue weighted by Gasteiger charge is 2.35. The number of halogens is 1. The molecule has 0 saturated heterocycles. The third-order valence-corrected chi connectivity index (χ3v) is 5.25. The van der Waals surface area contributed by atoms with Crippen LogP contribution in [0.4, 0.5) is 4.39 Å². The molecule has 2 aromatic rings. The number of rotatable bonds is 8. The second kappa shape index (κ2) is 11.1. The van der Waals surface area contributed by atoms with Crippen LogP contribution in [0, 0.1) is 17.1 Å². The average molecular weight is 478 g/mol. The molecule has 0 aromatic heterocycles. The van der Waals surface area contributed by atoms with Crippen molar-refractivity contribution in [1.82, 2.24) is 4.90 Å². The van der Waals surface area contributed by atoms with Gasteiger partial charge in [0.2, 0.25) is 0 Å². The molecule has 8 nitrogen and oxygen atoms in total. The number of imide groups is 1. The first-order valence-corrected chi connectivity index (χ1v) is 10.6. The van der Waals surface area contributed by atoms with Gasteiger partial charge in [0, 0.05) is 12.5 Å². The van der Waals surface area contributed by atoms with Crippen molar-refractivity contribution in [1.29, 1.82) is 5.26 Å². The largest absolute Gasteiger partial charge is 0.493 e. The number of hydrogen-bond acceptors (Lipinski definition) is 7. The molecule has 0 unspecified atom stereocenters. The topological polar surface area (TPSA) is 106 Å². The highest BCUT2D eigenvalue weighted by Crippen LogP contribution is 2.32. The van der Waals surface area contributed by atoms with Gasteiger partial charge in [-0.3, -0.25) is 19.3 Å². The van der Waals surface area contributed by atoms with E-state index in [9.17, 15) is 24.0 Å². The van der Waals surface area contributed by atoms with Crippen molar-refractivity contribution in [3.8, 4) is 17.6 Å². The molecular formula is C26H23FN2O6. The van der Waals surface area contributed by atoms with Crippen LogP contribution in [0.5, 0.6) is 11.5 Å². The van der Waals surface area contributed by atoms with Crippen molar-refractivity contribution >= 4 is 23.9 Å². The molecule has 0 aliphatic carbocycles. The van der Waals surface area contributed by atoms with Gasteiger partial charge in [0.15, 0.2) is 11.5 Å². The molecule has 2 amide bonds. The van der Waals surface area contributed by atoms with Gasteiger partial charge in [-0.2, -0.15) is 5.26 Å². The maximum atomic E-state index is 13.1. The summed E-state index contributed by atoms with van der Waals surface area (Å²) in [6, 6.07) is 12.8. The van der Waals surface area contributed by atoms with Crippen molar-refractivity contribution in [2.24, 2.45) is 0 Å². The fraction of sp³-hybridized carbons (Fsp3) is 0.231. The summed E-state index contributed by atoms with van der Waals surface area (Å²) in [6.07, 6.45) is 1.55. The molecule has 0 radical (unpaired) electrons. The van der Waals surface area contributed by atoms with E-state index in [0.717, 1.165) is 10.5 Å². The van der Waals surface area contributed by atoms with E-state index in [1.807, 2.05) is 6.07 Å². The van der Waals surface area contributed by atoms with Crippen LogP contribution in [0.25, 0.3) is 6.08 Å². The first-order chi connectivity index (χ1) is 16.7. The Morgan fingerprint density at radius 1 is 1.11 bits per heavy atom. The molecule has 0 bridgehead atoms. The highest BCUT2D eigenvalue weighted by molar-refractivity contribution is 6.19. The standard InChI is InChI=1S/C26H23FN2O6/c1-16-21(25(31)29(10-11-34-17(2)30)26(32)22(16)14-28)12-19-6-9-23(24(13-19)33-3)35-15-18-4-7-20(27)8-5-18/h4-9,12-13H,10-11,15H2,1-3H3/b21-12+. The van der Waals surface area contributed by atoms with Crippen LogP contribution in [0.1, 0.15) is 25.0 Å². The molecule has 2 aromatic carbocycles. The third-order valence-electron chi connectivity index (χ3n) is 5.25. The lowest BCUT2D eigenvalue weighted by Gasteiger charge is -2.27. The Bertz CT molecular complexity index is 1260. The first kappa shape index (κ1) is 25.2. The smallest absolute Gasteiger partial charge is 0.302 e. The Morgan fingerprint density at radius 2 is 1.83 bits per heavy atom. The quantitative estimate of drug-likeness (QED) is 0.324. The molecule has 1 aliphatic rings. The average Bonchev–Trinajstić information content (AvgIpc) is 2.84. The van der Waals surface area contributed by atoms with Crippen molar-refractivity contribution in [2.75, 3.05) is 20.3 Å². The zero-order valence-electron chi connectivity index (χ0n) is 19.5. The zero-order chi connectivity index (χ0) is 25.5. The molecule has 9 heteroatoms. The van der Waals surface area contributed by atoms with Crippen LogP contribution < -0.4 is 9.47 Å². The lowest BCUT2D eigenvalue weighted by Crippen LogP contribution is -2.44. The summed E-state index contributed by atoms with van der Waals surface area (Å²) < 4.78 is 29.1. The van der Waals surface area contributed by atoms with Crippen LogP contribution >= 0.6 is 0 Å². The molecular weight excluding hydrogens is 455 g/mol. The van der Waals surface area contributed by atoms with Crippen molar-refractivity contribution < 1.29 is 33.0 Å². The first-order valence-electron chi connectivity index (χ1n) is 10.6. The van der Waals surface area contributed by atoms with Gasteiger partial charge in [0.1, 0.15) is 30.7 Å². The number of amides is 2. The Hall–Kier alpha value is -4.45. The van der Waals surface area contributed by atoms with E-state index in [0.29, 0.717) is 17.1 Å². The van der Waals surface area contributed by atoms with E-state index in [4.69, 9.17) is 14.2 Å². The van der Waals surface area contributed by atoms with Gasteiger partial charge >= 0.3 is 5.97 Å². The number of methoxy groups -OCH3 is 1. The van der Waals surface area contributed by atoms with Gasteiger partial charge in [-0.05, 0) is 54.0 Å². The van der Waals surface area contributed by atoms with E-state index >= 15 is 0 Å². The van der Waals surface area contributed by atoms with Crippen molar-refractivity contribution in [3.05, 3.63) is 76.1 Å². The predicted molar refractivity (Wildman–Crippen MR) is 123 cm³/mol. The third kappa shape index (κ3) is 5.92. The SMILES string of the molecule is COc1cc(/C=C2/C(=O)N(CCOC(C)=O)C(=O)C(C#N)=C2C)ccc1OCc1ccc(F)cc1. The van der Waals surface area contributed by atoms with Crippen LogP contribution in [-0.4, -0.2) is 42.9 Å². The number of nitriles is 1. The summed E-state index contributed by atoms with van der Waals surface area (Å²) >= 11 is 0. The maximum Gasteiger partial charge on any atom is 0.302 e. The van der Waals surface area contributed by atoms with Crippen LogP contribution in [0.15, 0.2) is 59.2 Å². The zero-order valence-corrected chi connectivity index (χ0v) is 19.5. The summed E-state index contributed by atoms with van der Waals surface area (Å²) in [5.41, 5.74) is 1.60. The van der Waals surface area contributed by atoms with Gasteiger partial charge < -0.3 is 14.2 Å². The van der Waals surface area contributed by atoms with Crippen molar-refractivity contribution in [2.45, 2.75) is 20.5 Å². The predicted octanol–water partition coefficient (Wildman–Crippen LogP) is 3.57. The number of ether oxygens (including phenoxy) is 3. The van der Waals surface area contributed by atoms with E-state index in [1.165, 1.54) is 33.1 Å². The number of hydrogen-bond donors (Lipinski definition) is 0. The van der Waals surface area contributed by atoms with E-state index in [2.05, 4.69) is 0 Å². The normalized spacial score (nSPS) is 14.7. The van der Waals surface area contributed by atoms with Gasteiger partial charge in [-0.15, -0.1) is 0 Å². The Morgan fingerprint density at radius 3 is 2.46 bits per heavy atom. The Kier molecular flexibility index (Phi) is 8.00.